The van der Waals surface area contributed by atoms with E-state index in [9.17, 15) is 5.11 Å². The van der Waals surface area contributed by atoms with Crippen molar-refractivity contribution in [2.75, 3.05) is 13.1 Å². The van der Waals surface area contributed by atoms with Crippen LogP contribution in [0, 0.1) is 11.8 Å². The molecule has 24 heavy (non-hydrogen) atoms. The second-order valence-electron chi connectivity index (χ2n) is 7.18. The van der Waals surface area contributed by atoms with Gasteiger partial charge in [0.2, 0.25) is 5.89 Å². The quantitative estimate of drug-likeness (QED) is 0.870. The summed E-state index contributed by atoms with van der Waals surface area (Å²) in [5, 5.41) is 14.7. The summed E-state index contributed by atoms with van der Waals surface area (Å²) in [5.41, 5.74) is 0. The Morgan fingerprint density at radius 2 is 2.25 bits per heavy atom. The number of hydrogen-bond donors (Lipinski definition) is 1. The van der Waals surface area contributed by atoms with Gasteiger partial charge < -0.3 is 14.2 Å². The molecule has 7 nitrogen and oxygen atoms in total. The fourth-order valence-corrected chi connectivity index (χ4v) is 3.36. The Hall–Kier alpha value is -1.73. The highest BCUT2D eigenvalue weighted by molar-refractivity contribution is 4.99. The number of nitrogens with zero attached hydrogens (tertiary/aromatic N) is 5. The molecule has 0 saturated carbocycles. The van der Waals surface area contributed by atoms with Crippen molar-refractivity contribution < 1.29 is 9.63 Å². The van der Waals surface area contributed by atoms with Crippen molar-refractivity contribution in [3.8, 4) is 0 Å². The van der Waals surface area contributed by atoms with Crippen molar-refractivity contribution >= 4 is 0 Å². The van der Waals surface area contributed by atoms with Crippen LogP contribution in [0.1, 0.15) is 50.3 Å². The van der Waals surface area contributed by atoms with Crippen molar-refractivity contribution in [2.24, 2.45) is 18.9 Å². The van der Waals surface area contributed by atoms with Crippen LogP contribution in [0.4, 0.5) is 0 Å². The first-order chi connectivity index (χ1) is 11.5. The summed E-state index contributed by atoms with van der Waals surface area (Å²) in [6.45, 7) is 6.74. The summed E-state index contributed by atoms with van der Waals surface area (Å²) >= 11 is 0. The van der Waals surface area contributed by atoms with Crippen molar-refractivity contribution in [2.45, 2.75) is 45.8 Å². The molecule has 0 aromatic carbocycles. The highest BCUT2D eigenvalue weighted by atomic mass is 16.5. The Kier molecular flexibility index (Phi) is 5.30. The van der Waals surface area contributed by atoms with Crippen LogP contribution < -0.4 is 0 Å². The number of likely N-dealkylation sites (tertiary alicyclic amines) is 1. The van der Waals surface area contributed by atoms with Gasteiger partial charge >= 0.3 is 0 Å². The molecule has 1 aliphatic rings. The molecule has 1 aliphatic heterocycles. The predicted octanol–water partition coefficient (Wildman–Crippen LogP) is 1.95. The fourth-order valence-electron chi connectivity index (χ4n) is 3.36. The van der Waals surface area contributed by atoms with Crippen LogP contribution in [0.25, 0.3) is 0 Å². The number of aliphatic hydroxyl groups is 1. The fraction of sp³-hybridized carbons (Fsp3) is 0.706. The van der Waals surface area contributed by atoms with Gasteiger partial charge in [0, 0.05) is 38.3 Å². The molecule has 2 aromatic heterocycles. The first-order valence-corrected chi connectivity index (χ1v) is 8.72. The number of rotatable bonds is 6. The molecule has 3 heterocycles. The first-order valence-electron chi connectivity index (χ1n) is 8.72. The molecule has 7 heteroatoms. The van der Waals surface area contributed by atoms with Gasteiger partial charge in [0.05, 0.1) is 6.54 Å². The molecule has 0 spiro atoms. The maximum Gasteiger partial charge on any atom is 0.240 e. The zero-order valence-electron chi connectivity index (χ0n) is 14.7. The summed E-state index contributed by atoms with van der Waals surface area (Å²) < 4.78 is 7.26. The second kappa shape index (κ2) is 7.44. The topological polar surface area (TPSA) is 80.2 Å². The lowest BCUT2D eigenvalue weighted by Crippen LogP contribution is -2.38. The van der Waals surface area contributed by atoms with E-state index in [2.05, 4.69) is 33.9 Å². The molecule has 3 rings (SSSR count). The van der Waals surface area contributed by atoms with Crippen LogP contribution >= 0.6 is 0 Å². The van der Waals surface area contributed by atoms with Gasteiger partial charge in [-0.05, 0) is 25.3 Å². The predicted molar refractivity (Wildman–Crippen MR) is 89.0 cm³/mol. The zero-order valence-corrected chi connectivity index (χ0v) is 14.7. The highest BCUT2D eigenvalue weighted by Gasteiger charge is 2.29. The van der Waals surface area contributed by atoms with Crippen molar-refractivity contribution in [3.05, 3.63) is 29.9 Å². The van der Waals surface area contributed by atoms with Gasteiger partial charge in [0.1, 0.15) is 11.9 Å². The van der Waals surface area contributed by atoms with Crippen molar-refractivity contribution in [1.82, 2.24) is 24.6 Å². The molecular weight excluding hydrogens is 306 g/mol. The first kappa shape index (κ1) is 17.1. The summed E-state index contributed by atoms with van der Waals surface area (Å²) in [6.07, 6.45) is 5.96. The lowest BCUT2D eigenvalue weighted by atomic mass is 9.92. The molecular formula is C17H27N5O2. The lowest BCUT2D eigenvalue weighted by Gasteiger charge is -2.34. The van der Waals surface area contributed by atoms with Gasteiger partial charge in [0.15, 0.2) is 5.82 Å². The minimum Gasteiger partial charge on any atom is -0.385 e. The molecule has 0 unspecified atom stereocenters. The monoisotopic (exact) mass is 333 g/mol. The molecule has 1 saturated heterocycles. The molecule has 0 amide bonds. The average molecular weight is 333 g/mol. The van der Waals surface area contributed by atoms with E-state index in [-0.39, 0.29) is 5.92 Å². The summed E-state index contributed by atoms with van der Waals surface area (Å²) in [6, 6.07) is 0. The van der Waals surface area contributed by atoms with E-state index < -0.39 is 6.10 Å². The third-order valence-electron chi connectivity index (χ3n) is 4.57. The maximum absolute atomic E-state index is 10.6. The van der Waals surface area contributed by atoms with Crippen LogP contribution in [0.3, 0.4) is 0 Å². The molecule has 1 fully saturated rings. The lowest BCUT2D eigenvalue weighted by molar-refractivity contribution is 0.0372. The molecule has 0 aliphatic carbocycles. The van der Waals surface area contributed by atoms with Gasteiger partial charge in [-0.25, -0.2) is 4.98 Å². The largest absolute Gasteiger partial charge is 0.385 e. The molecule has 0 bridgehead atoms. The van der Waals surface area contributed by atoms with Crippen LogP contribution in [0.15, 0.2) is 16.9 Å². The standard InChI is InChI=1S/C17H27N5O2/c1-12(2)9-14-19-15(24-20-14)11-22-7-4-5-13(10-22)16(23)17-18-6-8-21(17)3/h6,8,12-13,16,23H,4-5,7,9-11H2,1-3H3/t13-,16-/m0/s1. The maximum atomic E-state index is 10.6. The molecule has 2 aromatic rings. The zero-order chi connectivity index (χ0) is 17.1. The Labute approximate surface area is 142 Å². The molecule has 132 valence electrons. The number of piperidine rings is 1. The minimum absolute atomic E-state index is 0.179. The average Bonchev–Trinajstić information content (AvgIpc) is 3.15. The van der Waals surface area contributed by atoms with Gasteiger partial charge in [-0.3, -0.25) is 4.90 Å². The SMILES string of the molecule is CC(C)Cc1noc(CN2CCC[C@H]([C@H](O)c3nccn3C)C2)n1. The Balaban J connectivity index is 1.59. The summed E-state index contributed by atoms with van der Waals surface area (Å²) in [4.78, 5) is 11.0. The summed E-state index contributed by atoms with van der Waals surface area (Å²) in [5.74, 6) is 2.87. The van der Waals surface area contributed by atoms with Crippen LogP contribution in [-0.2, 0) is 20.0 Å². The van der Waals surface area contributed by atoms with E-state index in [1.54, 1.807) is 6.20 Å². The van der Waals surface area contributed by atoms with E-state index >= 15 is 0 Å². The third kappa shape index (κ3) is 4.02. The van der Waals surface area contributed by atoms with E-state index in [1.807, 2.05) is 17.8 Å². The van der Waals surface area contributed by atoms with Gasteiger partial charge in [-0.15, -0.1) is 0 Å². The van der Waals surface area contributed by atoms with Crippen LogP contribution in [0.2, 0.25) is 0 Å². The minimum atomic E-state index is -0.535. The third-order valence-corrected chi connectivity index (χ3v) is 4.57. The summed E-state index contributed by atoms with van der Waals surface area (Å²) in [7, 11) is 1.92. The number of hydrogen-bond acceptors (Lipinski definition) is 6. The van der Waals surface area contributed by atoms with E-state index in [4.69, 9.17) is 4.52 Å². The molecule has 1 N–H and O–H groups in total. The van der Waals surface area contributed by atoms with Gasteiger partial charge in [-0.2, -0.15) is 4.98 Å². The van der Waals surface area contributed by atoms with Gasteiger partial charge in [-0.1, -0.05) is 19.0 Å². The van der Waals surface area contributed by atoms with Crippen molar-refractivity contribution in [3.63, 3.8) is 0 Å². The molecule has 0 radical (unpaired) electrons. The van der Waals surface area contributed by atoms with E-state index in [0.29, 0.717) is 18.4 Å². The Bertz CT molecular complexity index is 651. The Morgan fingerprint density at radius 1 is 1.42 bits per heavy atom. The number of aliphatic hydroxyl groups excluding tert-OH is 1. The number of aryl methyl sites for hydroxylation is 1. The highest BCUT2D eigenvalue weighted by Crippen LogP contribution is 2.29. The van der Waals surface area contributed by atoms with E-state index in [1.165, 1.54) is 0 Å². The number of aromatic nitrogens is 4. The van der Waals surface area contributed by atoms with Crippen LogP contribution in [-0.4, -0.2) is 42.8 Å². The van der Waals surface area contributed by atoms with Gasteiger partial charge in [0.25, 0.3) is 0 Å². The normalized spacial score (nSPS) is 20.6. The second-order valence-corrected chi connectivity index (χ2v) is 7.18. The van der Waals surface area contributed by atoms with E-state index in [0.717, 1.165) is 44.0 Å². The van der Waals surface area contributed by atoms with Crippen molar-refractivity contribution in [1.29, 1.82) is 0 Å². The Morgan fingerprint density at radius 3 is 2.96 bits per heavy atom. The smallest absolute Gasteiger partial charge is 0.240 e. The number of imidazole rings is 1. The molecule has 2 atom stereocenters. The van der Waals surface area contributed by atoms with Crippen LogP contribution in [0.5, 0.6) is 0 Å².